The second-order valence-electron chi connectivity index (χ2n) is 3.47. The molecule has 0 aliphatic carbocycles. The fourth-order valence-corrected chi connectivity index (χ4v) is 1.59. The van der Waals surface area contributed by atoms with Gasteiger partial charge in [-0.05, 0) is 19.1 Å². The highest BCUT2D eigenvalue weighted by atomic mass is 35.5. The summed E-state index contributed by atoms with van der Waals surface area (Å²) >= 11 is 5.68. The van der Waals surface area contributed by atoms with Gasteiger partial charge in [-0.3, -0.25) is 4.79 Å². The van der Waals surface area contributed by atoms with Crippen LogP contribution in [0.2, 0.25) is 5.15 Å². The summed E-state index contributed by atoms with van der Waals surface area (Å²) in [5.74, 6) is -0.0442. The Balaban J connectivity index is 2.21. The van der Waals surface area contributed by atoms with Crippen molar-refractivity contribution in [2.24, 2.45) is 0 Å². The highest BCUT2D eigenvalue weighted by molar-refractivity contribution is 6.29. The van der Waals surface area contributed by atoms with Crippen LogP contribution in [-0.4, -0.2) is 30.1 Å². The first kappa shape index (κ1) is 10.4. The largest absolute Gasteiger partial charge is 0.367 e. The quantitative estimate of drug-likeness (QED) is 0.682. The summed E-state index contributed by atoms with van der Waals surface area (Å²) in [5.41, 5.74) is 0.763. The van der Waals surface area contributed by atoms with E-state index in [4.69, 9.17) is 16.3 Å². The van der Waals surface area contributed by atoms with Gasteiger partial charge in [0.2, 0.25) is 0 Å². The maximum absolute atomic E-state index is 11.6. The molecule has 15 heavy (non-hydrogen) atoms. The lowest BCUT2D eigenvalue weighted by Gasteiger charge is -2.30. The molecule has 1 aromatic rings. The van der Waals surface area contributed by atoms with Gasteiger partial charge in [-0.15, -0.1) is 0 Å². The van der Waals surface area contributed by atoms with Crippen LogP contribution in [-0.2, 0) is 9.53 Å². The number of anilines is 1. The number of pyridine rings is 1. The lowest BCUT2D eigenvalue weighted by atomic mass is 10.2. The van der Waals surface area contributed by atoms with Gasteiger partial charge < -0.3 is 9.64 Å². The van der Waals surface area contributed by atoms with Crippen molar-refractivity contribution in [2.45, 2.75) is 13.0 Å². The van der Waals surface area contributed by atoms with E-state index in [-0.39, 0.29) is 18.6 Å². The zero-order valence-electron chi connectivity index (χ0n) is 8.31. The van der Waals surface area contributed by atoms with Crippen LogP contribution in [0.4, 0.5) is 5.69 Å². The zero-order valence-corrected chi connectivity index (χ0v) is 9.07. The number of amides is 1. The molecule has 0 radical (unpaired) electrons. The highest BCUT2D eigenvalue weighted by Gasteiger charge is 2.24. The summed E-state index contributed by atoms with van der Waals surface area (Å²) in [6.45, 7) is 2.62. The van der Waals surface area contributed by atoms with Gasteiger partial charge in [-0.1, -0.05) is 11.6 Å². The van der Waals surface area contributed by atoms with Gasteiger partial charge in [0.1, 0.15) is 11.8 Å². The molecular weight excluding hydrogens is 216 g/mol. The SMILES string of the molecule is CC1CN(c2ccc(Cl)nc2)C(=O)CO1. The molecule has 80 valence electrons. The van der Waals surface area contributed by atoms with Gasteiger partial charge >= 0.3 is 0 Å². The van der Waals surface area contributed by atoms with Gasteiger partial charge in [0.05, 0.1) is 24.5 Å². The fraction of sp³-hybridized carbons (Fsp3) is 0.400. The first-order chi connectivity index (χ1) is 7.16. The summed E-state index contributed by atoms with van der Waals surface area (Å²) < 4.78 is 5.23. The van der Waals surface area contributed by atoms with Crippen molar-refractivity contribution in [3.05, 3.63) is 23.5 Å². The summed E-state index contributed by atoms with van der Waals surface area (Å²) in [4.78, 5) is 17.2. The molecule has 2 rings (SSSR count). The minimum Gasteiger partial charge on any atom is -0.367 e. The number of nitrogens with zero attached hydrogens (tertiary/aromatic N) is 2. The molecule has 0 saturated carbocycles. The molecule has 1 unspecified atom stereocenters. The van der Waals surface area contributed by atoms with E-state index in [1.807, 2.05) is 6.92 Å². The Labute approximate surface area is 92.8 Å². The average molecular weight is 227 g/mol. The average Bonchev–Trinajstić information content (AvgIpc) is 2.23. The number of rotatable bonds is 1. The Kier molecular flexibility index (Phi) is 2.88. The van der Waals surface area contributed by atoms with E-state index in [2.05, 4.69) is 4.98 Å². The van der Waals surface area contributed by atoms with Gasteiger partial charge in [-0.2, -0.15) is 0 Å². The Hall–Kier alpha value is -1.13. The number of ether oxygens (including phenoxy) is 1. The standard InChI is InChI=1S/C10H11ClN2O2/c1-7-5-13(10(14)6-15-7)8-2-3-9(11)12-4-8/h2-4,7H,5-6H2,1H3. The van der Waals surface area contributed by atoms with E-state index in [9.17, 15) is 4.79 Å². The number of hydrogen-bond acceptors (Lipinski definition) is 3. The molecule has 0 N–H and O–H groups in total. The van der Waals surface area contributed by atoms with Crippen LogP contribution in [0.3, 0.4) is 0 Å². The van der Waals surface area contributed by atoms with Crippen molar-refractivity contribution in [3.8, 4) is 0 Å². The van der Waals surface area contributed by atoms with Gasteiger partial charge in [0.25, 0.3) is 5.91 Å². The van der Waals surface area contributed by atoms with Crippen molar-refractivity contribution < 1.29 is 9.53 Å². The molecule has 1 fully saturated rings. The Morgan fingerprint density at radius 1 is 1.60 bits per heavy atom. The van der Waals surface area contributed by atoms with E-state index >= 15 is 0 Å². The molecule has 4 nitrogen and oxygen atoms in total. The van der Waals surface area contributed by atoms with Crippen molar-refractivity contribution in [1.82, 2.24) is 4.98 Å². The summed E-state index contributed by atoms with van der Waals surface area (Å²) in [6.07, 6.45) is 1.65. The maximum atomic E-state index is 11.6. The first-order valence-corrected chi connectivity index (χ1v) is 5.08. The van der Waals surface area contributed by atoms with Gasteiger partial charge in [0.15, 0.2) is 0 Å². The lowest BCUT2D eigenvalue weighted by molar-refractivity contribution is -0.128. The molecule has 1 saturated heterocycles. The van der Waals surface area contributed by atoms with E-state index in [0.717, 1.165) is 5.69 Å². The molecule has 2 heterocycles. The number of carbonyl (C=O) groups is 1. The number of carbonyl (C=O) groups excluding carboxylic acids is 1. The predicted molar refractivity (Wildman–Crippen MR) is 57.0 cm³/mol. The minimum atomic E-state index is -0.0442. The van der Waals surface area contributed by atoms with E-state index in [1.54, 1.807) is 23.2 Å². The number of morpholine rings is 1. The van der Waals surface area contributed by atoms with Crippen LogP contribution in [0.5, 0.6) is 0 Å². The number of aromatic nitrogens is 1. The van der Waals surface area contributed by atoms with E-state index < -0.39 is 0 Å². The monoisotopic (exact) mass is 226 g/mol. The van der Waals surface area contributed by atoms with Crippen LogP contribution in [0.1, 0.15) is 6.92 Å². The molecule has 1 aliphatic rings. The molecule has 0 bridgehead atoms. The summed E-state index contributed by atoms with van der Waals surface area (Å²) in [5, 5.41) is 0.424. The van der Waals surface area contributed by atoms with Crippen molar-refractivity contribution >= 4 is 23.2 Å². The van der Waals surface area contributed by atoms with Gasteiger partial charge in [0, 0.05) is 0 Å². The van der Waals surface area contributed by atoms with Gasteiger partial charge in [-0.25, -0.2) is 4.98 Å². The van der Waals surface area contributed by atoms with E-state index in [1.165, 1.54) is 0 Å². The van der Waals surface area contributed by atoms with Crippen molar-refractivity contribution in [1.29, 1.82) is 0 Å². The number of hydrogen-bond donors (Lipinski definition) is 0. The molecule has 0 spiro atoms. The molecule has 1 aliphatic heterocycles. The van der Waals surface area contributed by atoms with Crippen LogP contribution >= 0.6 is 11.6 Å². The fourth-order valence-electron chi connectivity index (χ4n) is 1.48. The Morgan fingerprint density at radius 2 is 2.40 bits per heavy atom. The van der Waals surface area contributed by atoms with Crippen LogP contribution < -0.4 is 4.90 Å². The third kappa shape index (κ3) is 2.27. The van der Waals surface area contributed by atoms with E-state index in [0.29, 0.717) is 11.7 Å². The zero-order chi connectivity index (χ0) is 10.8. The van der Waals surface area contributed by atoms with Crippen LogP contribution in [0.25, 0.3) is 0 Å². The third-order valence-corrected chi connectivity index (χ3v) is 2.48. The number of halogens is 1. The second-order valence-corrected chi connectivity index (χ2v) is 3.85. The maximum Gasteiger partial charge on any atom is 0.253 e. The lowest BCUT2D eigenvalue weighted by Crippen LogP contribution is -2.45. The summed E-state index contributed by atoms with van der Waals surface area (Å²) in [6, 6.07) is 3.45. The molecule has 1 aromatic heterocycles. The van der Waals surface area contributed by atoms with Crippen molar-refractivity contribution in [2.75, 3.05) is 18.1 Å². The molecule has 1 amide bonds. The minimum absolute atomic E-state index is 0.0442. The van der Waals surface area contributed by atoms with Crippen LogP contribution in [0.15, 0.2) is 18.3 Å². The van der Waals surface area contributed by atoms with Crippen LogP contribution in [0, 0.1) is 0 Å². The summed E-state index contributed by atoms with van der Waals surface area (Å²) in [7, 11) is 0. The first-order valence-electron chi connectivity index (χ1n) is 4.70. The topological polar surface area (TPSA) is 42.4 Å². The Bertz CT molecular complexity index is 366. The predicted octanol–water partition coefficient (Wildman–Crippen LogP) is 1.49. The molecule has 0 aromatic carbocycles. The van der Waals surface area contributed by atoms with Crippen molar-refractivity contribution in [3.63, 3.8) is 0 Å². The smallest absolute Gasteiger partial charge is 0.253 e. The molecule has 5 heteroatoms. The highest BCUT2D eigenvalue weighted by Crippen LogP contribution is 2.18. The normalized spacial score (nSPS) is 21.9. The third-order valence-electron chi connectivity index (χ3n) is 2.26. The Morgan fingerprint density at radius 3 is 3.07 bits per heavy atom. The molecular formula is C10H11ClN2O2. The molecule has 1 atom stereocenters. The second kappa shape index (κ2) is 4.16.